The van der Waals surface area contributed by atoms with Crippen LogP contribution in [0, 0.1) is 0 Å². The molecule has 0 heterocycles. The molecule has 1 N–H and O–H groups in total. The number of aliphatic hydroxyl groups excluding tert-OH is 1. The lowest BCUT2D eigenvalue weighted by molar-refractivity contribution is -0.144. The van der Waals surface area contributed by atoms with E-state index in [-0.39, 0.29) is 18.5 Å². The Labute approximate surface area is 127 Å². The number of aliphatic hydroxyl groups is 1. The summed E-state index contributed by atoms with van der Waals surface area (Å²) >= 11 is 0. The number of hydrogen-bond donors (Lipinski definition) is 1. The summed E-state index contributed by atoms with van der Waals surface area (Å²) in [5.41, 5.74) is 0.759. The Bertz CT molecular complexity index is 429. The molecule has 0 radical (unpaired) electrons. The maximum Gasteiger partial charge on any atom is 0.305 e. The van der Waals surface area contributed by atoms with Crippen LogP contribution in [0.2, 0.25) is 0 Å². The Morgan fingerprint density at radius 1 is 1.33 bits per heavy atom. The number of benzene rings is 1. The van der Waals surface area contributed by atoms with E-state index in [2.05, 4.69) is 0 Å². The van der Waals surface area contributed by atoms with E-state index in [4.69, 9.17) is 9.47 Å². The third kappa shape index (κ3) is 7.14. The number of carbonyl (C=O) groups excluding carboxylic acids is 1. The van der Waals surface area contributed by atoms with Crippen molar-refractivity contribution in [1.29, 1.82) is 0 Å². The molecule has 0 aromatic heterocycles. The summed E-state index contributed by atoms with van der Waals surface area (Å²) < 4.78 is 10.7. The first-order chi connectivity index (χ1) is 10.0. The summed E-state index contributed by atoms with van der Waals surface area (Å²) in [6.07, 6.45) is 1.86. The number of rotatable bonds is 9. The third-order valence-electron chi connectivity index (χ3n) is 3.00. The highest BCUT2D eigenvalue weighted by Gasteiger charge is 2.12. The number of unbranched alkanes of at least 4 members (excludes halogenated alkanes) is 1. The zero-order valence-electron chi connectivity index (χ0n) is 13.2. The molecule has 0 fully saturated rings. The number of esters is 1. The van der Waals surface area contributed by atoms with Crippen molar-refractivity contribution < 1.29 is 19.4 Å². The summed E-state index contributed by atoms with van der Waals surface area (Å²) in [4.78, 5) is 11.5. The van der Waals surface area contributed by atoms with Crippen molar-refractivity contribution in [3.8, 4) is 5.75 Å². The van der Waals surface area contributed by atoms with Gasteiger partial charge in [-0.1, -0.05) is 25.5 Å². The normalized spacial score (nSPS) is 12.2. The van der Waals surface area contributed by atoms with Gasteiger partial charge in [-0.05, 0) is 44.4 Å². The minimum atomic E-state index is -0.681. The van der Waals surface area contributed by atoms with Gasteiger partial charge in [0, 0.05) is 6.42 Å². The number of ether oxygens (including phenoxy) is 2. The summed E-state index contributed by atoms with van der Waals surface area (Å²) in [6, 6.07) is 7.35. The molecule has 118 valence electrons. The van der Waals surface area contributed by atoms with E-state index in [0.29, 0.717) is 13.0 Å². The molecule has 21 heavy (non-hydrogen) atoms. The van der Waals surface area contributed by atoms with Crippen LogP contribution in [0.1, 0.15) is 58.1 Å². The molecule has 4 heteroatoms. The highest BCUT2D eigenvalue weighted by Crippen LogP contribution is 2.23. The van der Waals surface area contributed by atoms with Crippen LogP contribution in [0.25, 0.3) is 0 Å². The first-order valence-electron chi connectivity index (χ1n) is 7.63. The molecule has 1 unspecified atom stereocenters. The van der Waals surface area contributed by atoms with Gasteiger partial charge in [0.2, 0.25) is 0 Å². The molecule has 0 amide bonds. The molecule has 0 spiro atoms. The number of hydrogen-bond acceptors (Lipinski definition) is 4. The fourth-order valence-corrected chi connectivity index (χ4v) is 1.89. The molecule has 0 saturated carbocycles. The van der Waals surface area contributed by atoms with E-state index >= 15 is 0 Å². The van der Waals surface area contributed by atoms with Crippen LogP contribution in [0.15, 0.2) is 24.3 Å². The van der Waals surface area contributed by atoms with E-state index in [0.717, 1.165) is 24.2 Å². The first-order valence-corrected chi connectivity index (χ1v) is 7.63. The fraction of sp³-hybridized carbons (Fsp3) is 0.588. The lowest BCUT2D eigenvalue weighted by atomic mass is 10.0. The van der Waals surface area contributed by atoms with Crippen LogP contribution in [-0.2, 0) is 9.53 Å². The quantitative estimate of drug-likeness (QED) is 0.558. The molecule has 0 bridgehead atoms. The van der Waals surface area contributed by atoms with Gasteiger partial charge in [0.15, 0.2) is 0 Å². The Morgan fingerprint density at radius 3 is 2.76 bits per heavy atom. The van der Waals surface area contributed by atoms with Crippen LogP contribution in [0.4, 0.5) is 0 Å². The van der Waals surface area contributed by atoms with Gasteiger partial charge in [-0.3, -0.25) is 4.79 Å². The lowest BCUT2D eigenvalue weighted by Gasteiger charge is -2.14. The molecule has 0 aliphatic carbocycles. The monoisotopic (exact) mass is 294 g/mol. The van der Waals surface area contributed by atoms with E-state index in [1.807, 2.05) is 45.0 Å². The maximum absolute atomic E-state index is 11.5. The SMILES string of the molecule is CCCCOC(=O)CCC(O)c1cccc(OC(C)C)c1. The summed E-state index contributed by atoms with van der Waals surface area (Å²) in [6.45, 7) is 6.41. The topological polar surface area (TPSA) is 55.8 Å². The van der Waals surface area contributed by atoms with Gasteiger partial charge in [-0.2, -0.15) is 0 Å². The second-order valence-electron chi connectivity index (χ2n) is 5.37. The Kier molecular flexibility index (Phi) is 7.83. The smallest absolute Gasteiger partial charge is 0.305 e. The highest BCUT2D eigenvalue weighted by atomic mass is 16.5. The van der Waals surface area contributed by atoms with Crippen LogP contribution in [-0.4, -0.2) is 23.8 Å². The zero-order valence-corrected chi connectivity index (χ0v) is 13.2. The Balaban J connectivity index is 2.44. The van der Waals surface area contributed by atoms with Crippen molar-refractivity contribution in [2.45, 2.75) is 58.7 Å². The minimum Gasteiger partial charge on any atom is -0.491 e. The van der Waals surface area contributed by atoms with Crippen molar-refractivity contribution in [3.63, 3.8) is 0 Å². The molecule has 1 atom stereocenters. The van der Waals surface area contributed by atoms with Crippen molar-refractivity contribution >= 4 is 5.97 Å². The van der Waals surface area contributed by atoms with Gasteiger partial charge in [-0.25, -0.2) is 0 Å². The van der Waals surface area contributed by atoms with E-state index in [1.54, 1.807) is 0 Å². The molecule has 0 aliphatic rings. The molecule has 4 nitrogen and oxygen atoms in total. The average Bonchev–Trinajstić information content (AvgIpc) is 2.44. The second-order valence-corrected chi connectivity index (χ2v) is 5.37. The second kappa shape index (κ2) is 9.40. The summed E-state index contributed by atoms with van der Waals surface area (Å²) in [5, 5.41) is 10.1. The zero-order chi connectivity index (χ0) is 15.7. The van der Waals surface area contributed by atoms with Crippen LogP contribution < -0.4 is 4.74 Å². The maximum atomic E-state index is 11.5. The van der Waals surface area contributed by atoms with Crippen molar-refractivity contribution in [1.82, 2.24) is 0 Å². The molecule has 1 aromatic carbocycles. The molecule has 0 aliphatic heterocycles. The van der Waals surface area contributed by atoms with Crippen LogP contribution in [0.3, 0.4) is 0 Å². The average molecular weight is 294 g/mol. The van der Waals surface area contributed by atoms with Crippen molar-refractivity contribution in [3.05, 3.63) is 29.8 Å². The molecule has 1 rings (SSSR count). The summed E-state index contributed by atoms with van der Waals surface area (Å²) in [7, 11) is 0. The van der Waals surface area contributed by atoms with Gasteiger partial charge in [0.25, 0.3) is 0 Å². The van der Waals surface area contributed by atoms with Crippen molar-refractivity contribution in [2.75, 3.05) is 6.61 Å². The highest BCUT2D eigenvalue weighted by molar-refractivity contribution is 5.69. The van der Waals surface area contributed by atoms with E-state index < -0.39 is 6.10 Å². The fourth-order valence-electron chi connectivity index (χ4n) is 1.89. The lowest BCUT2D eigenvalue weighted by Crippen LogP contribution is -2.09. The molecular formula is C17H26O4. The van der Waals surface area contributed by atoms with Gasteiger partial charge >= 0.3 is 5.97 Å². The van der Waals surface area contributed by atoms with Gasteiger partial charge in [-0.15, -0.1) is 0 Å². The first kappa shape index (κ1) is 17.5. The van der Waals surface area contributed by atoms with Gasteiger partial charge in [0.1, 0.15) is 5.75 Å². The molecule has 1 aromatic rings. The Hall–Kier alpha value is -1.55. The van der Waals surface area contributed by atoms with Crippen molar-refractivity contribution in [2.24, 2.45) is 0 Å². The standard InChI is InChI=1S/C17H26O4/c1-4-5-11-20-17(19)10-9-16(18)14-7-6-8-15(12-14)21-13(2)3/h6-8,12-13,16,18H,4-5,9-11H2,1-3H3. The minimum absolute atomic E-state index is 0.0888. The van der Waals surface area contributed by atoms with E-state index in [1.165, 1.54) is 0 Å². The van der Waals surface area contributed by atoms with Crippen LogP contribution >= 0.6 is 0 Å². The van der Waals surface area contributed by atoms with Crippen LogP contribution in [0.5, 0.6) is 5.75 Å². The van der Waals surface area contributed by atoms with E-state index in [9.17, 15) is 9.90 Å². The predicted octanol–water partition coefficient (Wildman–Crippen LogP) is 3.63. The summed E-state index contributed by atoms with van der Waals surface area (Å²) in [5.74, 6) is 0.476. The Morgan fingerprint density at radius 2 is 2.10 bits per heavy atom. The van der Waals surface area contributed by atoms with Gasteiger partial charge in [0.05, 0.1) is 18.8 Å². The largest absolute Gasteiger partial charge is 0.491 e. The van der Waals surface area contributed by atoms with Gasteiger partial charge < -0.3 is 14.6 Å². The third-order valence-corrected chi connectivity index (χ3v) is 3.00. The molecule has 0 saturated heterocycles. The predicted molar refractivity (Wildman–Crippen MR) is 82.3 cm³/mol. The number of carbonyl (C=O) groups is 1. The molecular weight excluding hydrogens is 268 g/mol.